The Labute approximate surface area is 180 Å². The fourth-order valence-electron chi connectivity index (χ4n) is 3.50. The highest BCUT2D eigenvalue weighted by molar-refractivity contribution is 5.97. The first kappa shape index (κ1) is 20.3. The Morgan fingerprint density at radius 2 is 1.84 bits per heavy atom. The standard InChI is InChI=1S/C24H22N4O3/c29-22-13-21(19-8-2-1-3-9-19)27-24(31)28(22)16-17-6-4-10-20(12-17)23(30)26-15-18-7-5-11-25-14-18/h1-12,14,21H,13,15-16H2,(H,26,30)(H,27,31). The van der Waals surface area contributed by atoms with Crippen LogP contribution in [-0.4, -0.2) is 27.7 Å². The van der Waals surface area contributed by atoms with Crippen LogP contribution < -0.4 is 10.6 Å². The van der Waals surface area contributed by atoms with E-state index in [0.29, 0.717) is 17.7 Å². The maximum Gasteiger partial charge on any atom is 0.324 e. The number of aromatic nitrogens is 1. The minimum atomic E-state index is -0.434. The molecule has 7 heteroatoms. The molecule has 1 saturated heterocycles. The highest BCUT2D eigenvalue weighted by Crippen LogP contribution is 2.23. The molecule has 1 fully saturated rings. The van der Waals surface area contributed by atoms with Gasteiger partial charge in [0.25, 0.3) is 5.91 Å². The Morgan fingerprint density at radius 1 is 1.03 bits per heavy atom. The molecule has 7 nitrogen and oxygen atoms in total. The molecule has 0 saturated carbocycles. The average molecular weight is 414 g/mol. The first-order valence-electron chi connectivity index (χ1n) is 10.0. The summed E-state index contributed by atoms with van der Waals surface area (Å²) >= 11 is 0. The number of urea groups is 1. The molecule has 1 unspecified atom stereocenters. The molecule has 0 radical (unpaired) electrons. The summed E-state index contributed by atoms with van der Waals surface area (Å²) in [6, 6.07) is 19.3. The van der Waals surface area contributed by atoms with Gasteiger partial charge in [-0.25, -0.2) is 4.79 Å². The Hall–Kier alpha value is -4.00. The van der Waals surface area contributed by atoms with Crippen molar-refractivity contribution in [2.75, 3.05) is 0 Å². The summed E-state index contributed by atoms with van der Waals surface area (Å²) in [6.07, 6.45) is 3.57. The lowest BCUT2D eigenvalue weighted by atomic mass is 10.0. The van der Waals surface area contributed by atoms with Crippen molar-refractivity contribution in [3.8, 4) is 0 Å². The second kappa shape index (κ2) is 9.21. The minimum Gasteiger partial charge on any atom is -0.348 e. The Kier molecular flexibility index (Phi) is 6.03. The summed E-state index contributed by atoms with van der Waals surface area (Å²) in [5.74, 6) is -0.478. The van der Waals surface area contributed by atoms with E-state index >= 15 is 0 Å². The second-order valence-corrected chi connectivity index (χ2v) is 7.34. The van der Waals surface area contributed by atoms with Crippen molar-refractivity contribution >= 4 is 17.8 Å². The van der Waals surface area contributed by atoms with Gasteiger partial charge in [-0.1, -0.05) is 48.5 Å². The van der Waals surface area contributed by atoms with Crippen molar-refractivity contribution in [2.45, 2.75) is 25.6 Å². The first-order chi connectivity index (χ1) is 15.1. The zero-order valence-electron chi connectivity index (χ0n) is 16.8. The smallest absolute Gasteiger partial charge is 0.324 e. The third-order valence-corrected chi connectivity index (χ3v) is 5.13. The number of carbonyl (C=O) groups excluding carboxylic acids is 3. The van der Waals surface area contributed by atoms with Crippen molar-refractivity contribution < 1.29 is 14.4 Å². The molecule has 0 spiro atoms. The van der Waals surface area contributed by atoms with E-state index in [1.54, 1.807) is 36.7 Å². The molecule has 2 aromatic carbocycles. The normalized spacial score (nSPS) is 16.0. The second-order valence-electron chi connectivity index (χ2n) is 7.34. The molecule has 1 atom stereocenters. The number of carbonyl (C=O) groups is 3. The molecular formula is C24H22N4O3. The van der Waals surface area contributed by atoms with E-state index in [-0.39, 0.29) is 30.8 Å². The van der Waals surface area contributed by atoms with E-state index < -0.39 is 6.03 Å². The Bertz CT molecular complexity index is 1070. The van der Waals surface area contributed by atoms with Crippen LogP contribution in [0.25, 0.3) is 0 Å². The number of nitrogens with one attached hydrogen (secondary N) is 2. The average Bonchev–Trinajstić information content (AvgIpc) is 2.81. The van der Waals surface area contributed by atoms with Gasteiger partial charge in [0.05, 0.1) is 19.0 Å². The van der Waals surface area contributed by atoms with Crippen LogP contribution in [0.4, 0.5) is 4.79 Å². The zero-order valence-corrected chi connectivity index (χ0v) is 16.8. The van der Waals surface area contributed by atoms with Gasteiger partial charge in [0.2, 0.25) is 5.91 Å². The number of hydrogen-bond acceptors (Lipinski definition) is 4. The van der Waals surface area contributed by atoms with Gasteiger partial charge < -0.3 is 10.6 Å². The van der Waals surface area contributed by atoms with Crippen LogP contribution in [-0.2, 0) is 17.9 Å². The number of imide groups is 1. The van der Waals surface area contributed by atoms with E-state index in [2.05, 4.69) is 15.6 Å². The van der Waals surface area contributed by atoms with E-state index in [4.69, 9.17) is 0 Å². The highest BCUT2D eigenvalue weighted by Gasteiger charge is 2.32. The molecule has 1 aliphatic heterocycles. The lowest BCUT2D eigenvalue weighted by molar-refractivity contribution is -0.130. The monoisotopic (exact) mass is 414 g/mol. The summed E-state index contributed by atoms with van der Waals surface area (Å²) in [5, 5.41) is 5.74. The van der Waals surface area contributed by atoms with Gasteiger partial charge in [-0.05, 0) is 34.9 Å². The predicted octanol–water partition coefficient (Wildman–Crippen LogP) is 3.19. The summed E-state index contributed by atoms with van der Waals surface area (Å²) in [5.41, 5.74) is 2.97. The lowest BCUT2D eigenvalue weighted by Gasteiger charge is -2.31. The molecule has 1 aromatic heterocycles. The molecule has 31 heavy (non-hydrogen) atoms. The highest BCUT2D eigenvalue weighted by atomic mass is 16.2. The van der Waals surface area contributed by atoms with E-state index in [1.165, 1.54) is 4.90 Å². The maximum absolute atomic E-state index is 12.7. The zero-order chi connectivity index (χ0) is 21.6. The SMILES string of the molecule is O=C(NCc1cccnc1)c1cccc(CN2C(=O)CC(c3ccccc3)NC2=O)c1. The van der Waals surface area contributed by atoms with Crippen LogP contribution in [0.1, 0.15) is 39.5 Å². The number of amides is 4. The van der Waals surface area contributed by atoms with E-state index in [0.717, 1.165) is 11.1 Å². The maximum atomic E-state index is 12.7. The van der Waals surface area contributed by atoms with Gasteiger partial charge >= 0.3 is 6.03 Å². The van der Waals surface area contributed by atoms with Crippen molar-refractivity contribution in [3.63, 3.8) is 0 Å². The van der Waals surface area contributed by atoms with Crippen LogP contribution in [0.5, 0.6) is 0 Å². The summed E-state index contributed by atoms with van der Waals surface area (Å²) in [7, 11) is 0. The summed E-state index contributed by atoms with van der Waals surface area (Å²) in [6.45, 7) is 0.473. The number of benzene rings is 2. The van der Waals surface area contributed by atoms with Gasteiger partial charge in [0.15, 0.2) is 0 Å². The van der Waals surface area contributed by atoms with Crippen LogP contribution in [0.2, 0.25) is 0 Å². The van der Waals surface area contributed by atoms with E-state index in [1.807, 2.05) is 42.5 Å². The molecular weight excluding hydrogens is 392 g/mol. The van der Waals surface area contributed by atoms with Crippen LogP contribution in [0.3, 0.4) is 0 Å². The number of hydrogen-bond donors (Lipinski definition) is 2. The van der Waals surface area contributed by atoms with Gasteiger partial charge in [0, 0.05) is 24.5 Å². The Morgan fingerprint density at radius 3 is 2.58 bits per heavy atom. The Balaban J connectivity index is 1.40. The fourth-order valence-corrected chi connectivity index (χ4v) is 3.50. The molecule has 2 N–H and O–H groups in total. The van der Waals surface area contributed by atoms with Crippen molar-refractivity contribution in [2.24, 2.45) is 0 Å². The van der Waals surface area contributed by atoms with Gasteiger partial charge in [0.1, 0.15) is 0 Å². The largest absolute Gasteiger partial charge is 0.348 e. The molecule has 1 aliphatic rings. The molecule has 4 amide bonds. The van der Waals surface area contributed by atoms with Crippen LogP contribution in [0.15, 0.2) is 79.1 Å². The molecule has 4 rings (SSSR count). The van der Waals surface area contributed by atoms with Crippen molar-refractivity contribution in [3.05, 3.63) is 101 Å². The summed E-state index contributed by atoms with van der Waals surface area (Å²) < 4.78 is 0. The van der Waals surface area contributed by atoms with Gasteiger partial charge in [-0.3, -0.25) is 19.5 Å². The lowest BCUT2D eigenvalue weighted by Crippen LogP contribution is -2.50. The minimum absolute atomic E-state index is 0.107. The van der Waals surface area contributed by atoms with Gasteiger partial charge in [-0.2, -0.15) is 0 Å². The third kappa shape index (κ3) is 4.95. The predicted molar refractivity (Wildman–Crippen MR) is 115 cm³/mol. The van der Waals surface area contributed by atoms with Crippen LogP contribution in [0, 0.1) is 0 Å². The number of nitrogens with zero attached hydrogens (tertiary/aromatic N) is 2. The fraction of sp³-hybridized carbons (Fsp3) is 0.167. The van der Waals surface area contributed by atoms with E-state index in [9.17, 15) is 14.4 Å². The van der Waals surface area contributed by atoms with Crippen LogP contribution >= 0.6 is 0 Å². The van der Waals surface area contributed by atoms with Crippen molar-refractivity contribution in [1.29, 1.82) is 0 Å². The first-order valence-corrected chi connectivity index (χ1v) is 10.0. The quantitative estimate of drug-likeness (QED) is 0.648. The molecule has 0 aliphatic carbocycles. The number of rotatable bonds is 6. The van der Waals surface area contributed by atoms with Crippen molar-refractivity contribution in [1.82, 2.24) is 20.5 Å². The molecule has 2 heterocycles. The molecule has 156 valence electrons. The third-order valence-electron chi connectivity index (χ3n) is 5.13. The molecule has 0 bridgehead atoms. The summed E-state index contributed by atoms with van der Waals surface area (Å²) in [4.78, 5) is 42.9. The van der Waals surface area contributed by atoms with Gasteiger partial charge in [-0.15, -0.1) is 0 Å². The molecule has 3 aromatic rings. The topological polar surface area (TPSA) is 91.4 Å². The number of pyridine rings is 1.